The third kappa shape index (κ3) is 8.47. The summed E-state index contributed by atoms with van der Waals surface area (Å²) < 4.78 is 28.5. The van der Waals surface area contributed by atoms with Crippen LogP contribution in [-0.4, -0.2) is 46.1 Å². The number of hydrogen-bond acceptors (Lipinski definition) is 4. The second kappa shape index (κ2) is 9.52. The number of sulfone groups is 1. The number of benzene rings is 1. The molecule has 0 saturated carbocycles. The predicted molar refractivity (Wildman–Crippen MR) is 82.9 cm³/mol. The van der Waals surface area contributed by atoms with Crippen molar-refractivity contribution >= 4 is 15.7 Å². The lowest BCUT2D eigenvalue weighted by atomic mass is 10.1. The quantitative estimate of drug-likeness (QED) is 0.659. The smallest absolute Gasteiger partial charge is 0.235 e. The van der Waals surface area contributed by atoms with Crippen LogP contribution in [0, 0.1) is 0 Å². The molecule has 1 amide bonds. The second-order valence-corrected chi connectivity index (χ2v) is 7.06. The van der Waals surface area contributed by atoms with Gasteiger partial charge in [-0.25, -0.2) is 8.42 Å². The van der Waals surface area contributed by atoms with Gasteiger partial charge in [-0.15, -0.1) is 0 Å². The van der Waals surface area contributed by atoms with Gasteiger partial charge in [0.15, 0.2) is 9.84 Å². The molecule has 1 aromatic carbocycles. The molecular weight excluding hydrogens is 290 g/mol. The Hall–Kier alpha value is -1.40. The summed E-state index contributed by atoms with van der Waals surface area (Å²) in [6, 6.07) is 9.72. The third-order valence-electron chi connectivity index (χ3n) is 2.96. The van der Waals surface area contributed by atoms with E-state index in [-0.39, 0.29) is 5.75 Å². The average Bonchev–Trinajstić information content (AvgIpc) is 2.44. The summed E-state index contributed by atoms with van der Waals surface area (Å²) in [4.78, 5) is 11.5. The summed E-state index contributed by atoms with van der Waals surface area (Å²) in [7, 11) is -1.75. The number of methoxy groups -OCH3 is 1. The van der Waals surface area contributed by atoms with E-state index in [1.165, 1.54) is 0 Å². The zero-order valence-corrected chi connectivity index (χ0v) is 13.2. The first-order chi connectivity index (χ1) is 10.0. The van der Waals surface area contributed by atoms with Crippen LogP contribution in [-0.2, 0) is 25.8 Å². The summed E-state index contributed by atoms with van der Waals surface area (Å²) >= 11 is 0. The highest BCUT2D eigenvalue weighted by Gasteiger charge is 2.15. The number of hydrogen-bond donors (Lipinski definition) is 1. The molecule has 6 heteroatoms. The number of amides is 1. The van der Waals surface area contributed by atoms with Crippen LogP contribution in [0.2, 0.25) is 0 Å². The lowest BCUT2D eigenvalue weighted by molar-refractivity contribution is -0.118. The van der Waals surface area contributed by atoms with Crippen molar-refractivity contribution in [3.05, 3.63) is 35.9 Å². The van der Waals surface area contributed by atoms with Crippen molar-refractivity contribution in [1.29, 1.82) is 0 Å². The largest absolute Gasteiger partial charge is 0.385 e. The van der Waals surface area contributed by atoms with E-state index in [9.17, 15) is 13.2 Å². The molecule has 0 aliphatic rings. The minimum absolute atomic E-state index is 0.0351. The van der Waals surface area contributed by atoms with Gasteiger partial charge in [0.05, 0.1) is 5.75 Å². The molecule has 1 aromatic rings. The molecule has 0 bridgehead atoms. The van der Waals surface area contributed by atoms with Crippen LogP contribution >= 0.6 is 0 Å². The monoisotopic (exact) mass is 313 g/mol. The minimum Gasteiger partial charge on any atom is -0.385 e. The molecule has 0 saturated heterocycles. The van der Waals surface area contributed by atoms with Crippen LogP contribution in [0.15, 0.2) is 30.3 Å². The SMILES string of the molecule is COCCCNC(=O)CS(=O)(=O)CCCc1ccccc1. The van der Waals surface area contributed by atoms with Crippen molar-refractivity contribution < 1.29 is 17.9 Å². The predicted octanol–water partition coefficient (Wildman–Crippen LogP) is 1.19. The number of nitrogens with one attached hydrogen (secondary N) is 1. The highest BCUT2D eigenvalue weighted by atomic mass is 32.2. The molecule has 1 N–H and O–H groups in total. The molecule has 0 atom stereocenters. The molecule has 0 aliphatic carbocycles. The van der Waals surface area contributed by atoms with Crippen LogP contribution in [0.3, 0.4) is 0 Å². The fraction of sp³-hybridized carbons (Fsp3) is 0.533. The normalized spacial score (nSPS) is 11.3. The maximum atomic E-state index is 11.8. The van der Waals surface area contributed by atoms with Gasteiger partial charge in [0.25, 0.3) is 0 Å². The molecule has 5 nitrogen and oxygen atoms in total. The van der Waals surface area contributed by atoms with Gasteiger partial charge in [-0.05, 0) is 24.8 Å². The fourth-order valence-corrected chi connectivity index (χ4v) is 3.14. The molecule has 0 unspecified atom stereocenters. The zero-order valence-electron chi connectivity index (χ0n) is 12.4. The minimum atomic E-state index is -3.34. The standard InChI is InChI=1S/C15H23NO4S/c1-20-11-6-10-16-15(17)13-21(18,19)12-5-9-14-7-3-2-4-8-14/h2-4,7-8H,5-6,9-13H2,1H3,(H,16,17). The van der Waals surface area contributed by atoms with Crippen LogP contribution < -0.4 is 5.32 Å². The maximum absolute atomic E-state index is 11.8. The van der Waals surface area contributed by atoms with E-state index in [4.69, 9.17) is 4.74 Å². The molecule has 0 aliphatic heterocycles. The van der Waals surface area contributed by atoms with Crippen LogP contribution in [0.25, 0.3) is 0 Å². The van der Waals surface area contributed by atoms with Gasteiger partial charge < -0.3 is 10.1 Å². The van der Waals surface area contributed by atoms with Crippen molar-refractivity contribution in [2.24, 2.45) is 0 Å². The summed E-state index contributed by atoms with van der Waals surface area (Å²) in [5.74, 6) is -0.840. The van der Waals surface area contributed by atoms with Gasteiger partial charge in [0.1, 0.15) is 5.75 Å². The van der Waals surface area contributed by atoms with Crippen LogP contribution in [0.1, 0.15) is 18.4 Å². The Morgan fingerprint density at radius 2 is 1.90 bits per heavy atom. The summed E-state index contributed by atoms with van der Waals surface area (Å²) in [5.41, 5.74) is 1.11. The summed E-state index contributed by atoms with van der Waals surface area (Å²) in [5, 5.41) is 2.58. The van der Waals surface area contributed by atoms with Gasteiger partial charge in [-0.3, -0.25) is 4.79 Å². The lowest BCUT2D eigenvalue weighted by Gasteiger charge is -2.06. The Kier molecular flexibility index (Phi) is 8.00. The van der Waals surface area contributed by atoms with E-state index in [1.54, 1.807) is 7.11 Å². The number of aryl methyl sites for hydroxylation is 1. The molecular formula is C15H23NO4S. The van der Waals surface area contributed by atoms with E-state index in [0.29, 0.717) is 32.4 Å². The van der Waals surface area contributed by atoms with E-state index in [1.807, 2.05) is 30.3 Å². The van der Waals surface area contributed by atoms with E-state index in [2.05, 4.69) is 5.32 Å². The molecule has 21 heavy (non-hydrogen) atoms. The van der Waals surface area contributed by atoms with Gasteiger partial charge in [-0.2, -0.15) is 0 Å². The molecule has 0 aromatic heterocycles. The highest BCUT2D eigenvalue weighted by Crippen LogP contribution is 2.04. The Morgan fingerprint density at radius 3 is 2.57 bits per heavy atom. The van der Waals surface area contributed by atoms with Crippen molar-refractivity contribution in [3.63, 3.8) is 0 Å². The van der Waals surface area contributed by atoms with E-state index < -0.39 is 21.5 Å². The molecule has 0 radical (unpaired) electrons. The van der Waals surface area contributed by atoms with Crippen LogP contribution in [0.5, 0.6) is 0 Å². The first-order valence-corrected chi connectivity index (χ1v) is 8.85. The Labute approximate surface area is 126 Å². The second-order valence-electron chi connectivity index (χ2n) is 4.88. The van der Waals surface area contributed by atoms with E-state index in [0.717, 1.165) is 5.56 Å². The Balaban J connectivity index is 2.25. The first kappa shape index (κ1) is 17.7. The summed E-state index contributed by atoms with van der Waals surface area (Å²) in [6.07, 6.45) is 1.91. The lowest BCUT2D eigenvalue weighted by Crippen LogP contribution is -2.32. The maximum Gasteiger partial charge on any atom is 0.235 e. The van der Waals surface area contributed by atoms with Gasteiger partial charge in [0, 0.05) is 20.3 Å². The molecule has 0 fully saturated rings. The average molecular weight is 313 g/mol. The fourth-order valence-electron chi connectivity index (χ4n) is 1.91. The van der Waals surface area contributed by atoms with E-state index >= 15 is 0 Å². The highest BCUT2D eigenvalue weighted by molar-refractivity contribution is 7.92. The van der Waals surface area contributed by atoms with Gasteiger partial charge >= 0.3 is 0 Å². The van der Waals surface area contributed by atoms with Crippen molar-refractivity contribution in [2.45, 2.75) is 19.3 Å². The number of carbonyl (C=O) groups is 1. The Morgan fingerprint density at radius 1 is 1.19 bits per heavy atom. The van der Waals surface area contributed by atoms with Crippen molar-refractivity contribution in [1.82, 2.24) is 5.32 Å². The van der Waals surface area contributed by atoms with Crippen molar-refractivity contribution in [3.8, 4) is 0 Å². The first-order valence-electron chi connectivity index (χ1n) is 7.03. The van der Waals surface area contributed by atoms with Gasteiger partial charge in [0.2, 0.25) is 5.91 Å². The van der Waals surface area contributed by atoms with Crippen molar-refractivity contribution in [2.75, 3.05) is 31.8 Å². The number of ether oxygens (including phenoxy) is 1. The Bertz CT molecular complexity index is 514. The molecule has 0 heterocycles. The molecule has 1 rings (SSSR count). The molecule has 0 spiro atoms. The molecule has 118 valence electrons. The van der Waals surface area contributed by atoms with Crippen LogP contribution in [0.4, 0.5) is 0 Å². The third-order valence-corrected chi connectivity index (χ3v) is 4.57. The number of carbonyl (C=O) groups excluding carboxylic acids is 1. The topological polar surface area (TPSA) is 72.5 Å². The summed E-state index contributed by atoms with van der Waals surface area (Å²) in [6.45, 7) is 0.982. The number of rotatable bonds is 10. The van der Waals surface area contributed by atoms with Gasteiger partial charge in [-0.1, -0.05) is 30.3 Å². The zero-order chi connectivity index (χ0) is 15.6.